The highest BCUT2D eigenvalue weighted by Crippen LogP contribution is 2.39. The molecule has 2 fully saturated rings. The minimum Gasteiger partial charge on any atom is -0.311 e. The monoisotopic (exact) mass is 181 g/mol. The Labute approximate surface area is 82.3 Å². The Morgan fingerprint density at radius 2 is 1.92 bits per heavy atom. The van der Waals surface area contributed by atoms with Gasteiger partial charge < -0.3 is 5.32 Å². The molecule has 1 heteroatoms. The molecular formula is C12H23N. The molecule has 2 rings (SSSR count). The van der Waals surface area contributed by atoms with Crippen molar-refractivity contribution in [1.29, 1.82) is 0 Å². The van der Waals surface area contributed by atoms with E-state index < -0.39 is 0 Å². The lowest BCUT2D eigenvalue weighted by Gasteiger charge is -2.39. The summed E-state index contributed by atoms with van der Waals surface area (Å²) in [5.74, 6) is 0.994. The molecule has 1 N–H and O–H groups in total. The normalized spacial score (nSPS) is 36.7. The summed E-state index contributed by atoms with van der Waals surface area (Å²) in [6, 6.07) is 0. The van der Waals surface area contributed by atoms with Crippen LogP contribution in [0.2, 0.25) is 0 Å². The largest absolute Gasteiger partial charge is 0.311 e. The van der Waals surface area contributed by atoms with Crippen LogP contribution in [0.3, 0.4) is 0 Å². The fourth-order valence-corrected chi connectivity index (χ4v) is 3.42. The summed E-state index contributed by atoms with van der Waals surface area (Å²) in [4.78, 5) is 0. The van der Waals surface area contributed by atoms with Gasteiger partial charge in [0.2, 0.25) is 0 Å². The predicted octanol–water partition coefficient (Wildman–Crippen LogP) is 3.10. The SMILES string of the molecule is CCC1(C2CCCCC2)CCCN1. The molecule has 0 amide bonds. The van der Waals surface area contributed by atoms with Crippen LogP contribution in [0.25, 0.3) is 0 Å². The molecule has 0 bridgehead atoms. The quantitative estimate of drug-likeness (QED) is 0.690. The number of nitrogens with one attached hydrogen (secondary N) is 1. The average Bonchev–Trinajstić information content (AvgIpc) is 2.69. The first kappa shape index (κ1) is 9.51. The first-order valence-electron chi connectivity index (χ1n) is 6.12. The summed E-state index contributed by atoms with van der Waals surface area (Å²) in [7, 11) is 0. The van der Waals surface area contributed by atoms with E-state index >= 15 is 0 Å². The third kappa shape index (κ3) is 1.76. The summed E-state index contributed by atoms with van der Waals surface area (Å²) < 4.78 is 0. The third-order valence-electron chi connectivity index (χ3n) is 4.29. The van der Waals surface area contributed by atoms with Gasteiger partial charge in [-0.25, -0.2) is 0 Å². The predicted molar refractivity (Wildman–Crippen MR) is 56.8 cm³/mol. The van der Waals surface area contributed by atoms with Crippen LogP contribution < -0.4 is 5.32 Å². The van der Waals surface area contributed by atoms with Crippen LogP contribution in [0.1, 0.15) is 58.3 Å². The van der Waals surface area contributed by atoms with Crippen molar-refractivity contribution in [2.24, 2.45) is 5.92 Å². The van der Waals surface area contributed by atoms with Crippen molar-refractivity contribution in [3.8, 4) is 0 Å². The highest BCUT2D eigenvalue weighted by Gasteiger charge is 2.39. The lowest BCUT2D eigenvalue weighted by Crippen LogP contribution is -2.46. The second-order valence-electron chi connectivity index (χ2n) is 4.87. The number of rotatable bonds is 2. The highest BCUT2D eigenvalue weighted by atomic mass is 15.0. The van der Waals surface area contributed by atoms with Crippen molar-refractivity contribution >= 4 is 0 Å². The molecule has 1 atom stereocenters. The Morgan fingerprint density at radius 3 is 2.46 bits per heavy atom. The van der Waals surface area contributed by atoms with Gasteiger partial charge in [-0.15, -0.1) is 0 Å². The molecule has 1 saturated heterocycles. The first-order chi connectivity index (χ1) is 6.37. The molecule has 1 heterocycles. The Morgan fingerprint density at radius 1 is 1.15 bits per heavy atom. The van der Waals surface area contributed by atoms with Gasteiger partial charge in [0.05, 0.1) is 0 Å². The number of hydrogen-bond donors (Lipinski definition) is 1. The minimum atomic E-state index is 0.556. The molecule has 1 nitrogen and oxygen atoms in total. The molecule has 0 spiro atoms. The molecular weight excluding hydrogens is 158 g/mol. The molecule has 1 aliphatic heterocycles. The maximum absolute atomic E-state index is 3.79. The summed E-state index contributed by atoms with van der Waals surface area (Å²) in [5, 5.41) is 3.79. The fourth-order valence-electron chi connectivity index (χ4n) is 3.42. The lowest BCUT2D eigenvalue weighted by atomic mass is 9.72. The standard InChI is InChI=1S/C12H23N/c1-2-12(9-6-10-13-12)11-7-4-3-5-8-11/h11,13H,2-10H2,1H3. The van der Waals surface area contributed by atoms with Gasteiger partial charge in [0.1, 0.15) is 0 Å². The topological polar surface area (TPSA) is 12.0 Å². The van der Waals surface area contributed by atoms with Crippen LogP contribution in [0, 0.1) is 5.92 Å². The van der Waals surface area contributed by atoms with E-state index in [1.54, 1.807) is 0 Å². The minimum absolute atomic E-state index is 0.556. The number of hydrogen-bond acceptors (Lipinski definition) is 1. The van der Waals surface area contributed by atoms with Gasteiger partial charge in [-0.3, -0.25) is 0 Å². The maximum Gasteiger partial charge on any atom is 0.0207 e. The van der Waals surface area contributed by atoms with E-state index in [1.165, 1.54) is 57.9 Å². The van der Waals surface area contributed by atoms with Gasteiger partial charge in [-0.05, 0) is 44.6 Å². The first-order valence-corrected chi connectivity index (χ1v) is 6.12. The fraction of sp³-hybridized carbons (Fsp3) is 1.00. The second-order valence-corrected chi connectivity index (χ2v) is 4.87. The van der Waals surface area contributed by atoms with E-state index in [2.05, 4.69) is 12.2 Å². The Hall–Kier alpha value is -0.0400. The summed E-state index contributed by atoms with van der Waals surface area (Å²) >= 11 is 0. The van der Waals surface area contributed by atoms with Crippen molar-refractivity contribution in [1.82, 2.24) is 5.32 Å². The Bertz CT molecular complexity index is 153. The van der Waals surface area contributed by atoms with Crippen LogP contribution >= 0.6 is 0 Å². The lowest BCUT2D eigenvalue weighted by molar-refractivity contribution is 0.175. The summed E-state index contributed by atoms with van der Waals surface area (Å²) in [6.07, 6.45) is 11.6. The molecule has 1 aliphatic carbocycles. The smallest absolute Gasteiger partial charge is 0.0207 e. The van der Waals surface area contributed by atoms with Crippen LogP contribution in [-0.4, -0.2) is 12.1 Å². The second kappa shape index (κ2) is 4.00. The molecule has 76 valence electrons. The van der Waals surface area contributed by atoms with Crippen LogP contribution in [-0.2, 0) is 0 Å². The van der Waals surface area contributed by atoms with E-state index in [9.17, 15) is 0 Å². The molecule has 1 unspecified atom stereocenters. The Balaban J connectivity index is 2.01. The Kier molecular flexibility index (Phi) is 2.92. The van der Waals surface area contributed by atoms with Gasteiger partial charge in [-0.1, -0.05) is 26.2 Å². The molecule has 2 aliphatic rings. The maximum atomic E-state index is 3.79. The molecule has 0 aromatic carbocycles. The van der Waals surface area contributed by atoms with Crippen LogP contribution in [0.5, 0.6) is 0 Å². The molecule has 0 aromatic heterocycles. The van der Waals surface area contributed by atoms with Gasteiger partial charge in [-0.2, -0.15) is 0 Å². The van der Waals surface area contributed by atoms with E-state index in [1.807, 2.05) is 0 Å². The molecule has 0 aromatic rings. The zero-order valence-electron chi connectivity index (χ0n) is 8.94. The van der Waals surface area contributed by atoms with Gasteiger partial charge >= 0.3 is 0 Å². The van der Waals surface area contributed by atoms with Crippen LogP contribution in [0.4, 0.5) is 0 Å². The third-order valence-corrected chi connectivity index (χ3v) is 4.29. The zero-order chi connectivity index (χ0) is 9.15. The van der Waals surface area contributed by atoms with Crippen LogP contribution in [0.15, 0.2) is 0 Å². The van der Waals surface area contributed by atoms with Gasteiger partial charge in [0, 0.05) is 5.54 Å². The van der Waals surface area contributed by atoms with E-state index in [4.69, 9.17) is 0 Å². The highest BCUT2D eigenvalue weighted by molar-refractivity contribution is 4.98. The van der Waals surface area contributed by atoms with Gasteiger partial charge in [0.25, 0.3) is 0 Å². The average molecular weight is 181 g/mol. The van der Waals surface area contributed by atoms with Crippen molar-refractivity contribution in [2.75, 3.05) is 6.54 Å². The van der Waals surface area contributed by atoms with Crippen molar-refractivity contribution in [2.45, 2.75) is 63.8 Å². The summed E-state index contributed by atoms with van der Waals surface area (Å²) in [6.45, 7) is 3.64. The molecule has 0 radical (unpaired) electrons. The molecule has 13 heavy (non-hydrogen) atoms. The van der Waals surface area contributed by atoms with E-state index in [-0.39, 0.29) is 0 Å². The van der Waals surface area contributed by atoms with E-state index in [0.29, 0.717) is 5.54 Å². The van der Waals surface area contributed by atoms with Crippen molar-refractivity contribution in [3.05, 3.63) is 0 Å². The van der Waals surface area contributed by atoms with Gasteiger partial charge in [0.15, 0.2) is 0 Å². The molecule has 1 saturated carbocycles. The van der Waals surface area contributed by atoms with Crippen molar-refractivity contribution < 1.29 is 0 Å². The summed E-state index contributed by atoms with van der Waals surface area (Å²) in [5.41, 5.74) is 0.556. The zero-order valence-corrected chi connectivity index (χ0v) is 8.94. The van der Waals surface area contributed by atoms with E-state index in [0.717, 1.165) is 5.92 Å². The van der Waals surface area contributed by atoms with Crippen molar-refractivity contribution in [3.63, 3.8) is 0 Å².